The van der Waals surface area contributed by atoms with E-state index in [9.17, 15) is 13.6 Å². The number of esters is 1. The second-order valence-electron chi connectivity index (χ2n) is 4.42. The van der Waals surface area contributed by atoms with Gasteiger partial charge in [0.15, 0.2) is 0 Å². The van der Waals surface area contributed by atoms with Gasteiger partial charge in [0.2, 0.25) is 0 Å². The summed E-state index contributed by atoms with van der Waals surface area (Å²) in [6.45, 7) is -0.449. The lowest BCUT2D eigenvalue weighted by Crippen LogP contribution is -2.64. The van der Waals surface area contributed by atoms with Gasteiger partial charge in [0.1, 0.15) is 5.67 Å². The Morgan fingerprint density at radius 3 is 2.50 bits per heavy atom. The van der Waals surface area contributed by atoms with Crippen LogP contribution >= 0.6 is 0 Å². The van der Waals surface area contributed by atoms with Crippen LogP contribution in [0.3, 0.4) is 0 Å². The molecule has 0 heterocycles. The molecule has 2 rings (SSSR count). The van der Waals surface area contributed by atoms with Gasteiger partial charge in [-0.1, -0.05) is 0 Å². The van der Waals surface area contributed by atoms with E-state index in [1.807, 2.05) is 0 Å². The Bertz CT molecular complexity index is 250. The lowest BCUT2D eigenvalue weighted by atomic mass is 9.54. The van der Waals surface area contributed by atoms with Gasteiger partial charge in [-0.05, 0) is 25.7 Å². The second-order valence-corrected chi connectivity index (χ2v) is 4.42. The molecule has 2 fully saturated rings. The number of hydrogen-bond donors (Lipinski definition) is 1. The second kappa shape index (κ2) is 5.57. The molecule has 0 spiro atoms. The molecule has 16 heavy (non-hydrogen) atoms. The summed E-state index contributed by atoms with van der Waals surface area (Å²) in [5.41, 5.74) is 4.72. The maximum atomic E-state index is 12.9. The first-order chi connectivity index (χ1) is 7.53. The summed E-state index contributed by atoms with van der Waals surface area (Å²) >= 11 is 0. The average molecular weight is 235 g/mol. The highest BCUT2D eigenvalue weighted by molar-refractivity contribution is 5.68. The Balaban J connectivity index is 0.000000160. The van der Waals surface area contributed by atoms with Crippen LogP contribution in [0.4, 0.5) is 8.78 Å². The molecule has 94 valence electrons. The van der Waals surface area contributed by atoms with Crippen LogP contribution < -0.4 is 5.73 Å². The zero-order valence-electron chi connectivity index (χ0n) is 9.55. The quantitative estimate of drug-likeness (QED) is 0.758. The minimum Gasteiger partial charge on any atom is -0.469 e. The topological polar surface area (TPSA) is 52.3 Å². The number of methoxy groups -OCH3 is 1. The van der Waals surface area contributed by atoms with Crippen molar-refractivity contribution < 1.29 is 18.3 Å². The Labute approximate surface area is 94.3 Å². The van der Waals surface area contributed by atoms with Crippen LogP contribution in [0.15, 0.2) is 0 Å². The first-order valence-electron chi connectivity index (χ1n) is 5.61. The van der Waals surface area contributed by atoms with Gasteiger partial charge in [0, 0.05) is 18.4 Å². The molecule has 0 saturated heterocycles. The van der Waals surface area contributed by atoms with Crippen LogP contribution in [0.2, 0.25) is 0 Å². The molecule has 2 aliphatic carbocycles. The molecule has 3 atom stereocenters. The van der Waals surface area contributed by atoms with E-state index in [-0.39, 0.29) is 30.8 Å². The number of carbonyl (C=O) groups excluding carboxylic acids is 1. The van der Waals surface area contributed by atoms with Crippen molar-refractivity contribution in [3.63, 3.8) is 0 Å². The van der Waals surface area contributed by atoms with E-state index in [1.54, 1.807) is 0 Å². The molecule has 0 radical (unpaired) electrons. The van der Waals surface area contributed by atoms with E-state index in [4.69, 9.17) is 5.73 Å². The number of fused-ring (bicyclic) bond motifs is 1. The maximum absolute atomic E-state index is 12.9. The fourth-order valence-corrected chi connectivity index (χ4v) is 2.16. The van der Waals surface area contributed by atoms with Crippen molar-refractivity contribution in [1.29, 1.82) is 0 Å². The molecular weight excluding hydrogens is 216 g/mol. The first-order valence-corrected chi connectivity index (χ1v) is 5.61. The van der Waals surface area contributed by atoms with Crippen LogP contribution in [0.25, 0.3) is 0 Å². The van der Waals surface area contributed by atoms with Gasteiger partial charge < -0.3 is 10.5 Å². The highest BCUT2D eigenvalue weighted by atomic mass is 19.1. The van der Waals surface area contributed by atoms with Crippen molar-refractivity contribution in [3.05, 3.63) is 0 Å². The third-order valence-electron chi connectivity index (χ3n) is 3.37. The number of carbonyl (C=O) groups is 1. The zero-order valence-corrected chi connectivity index (χ0v) is 9.55. The van der Waals surface area contributed by atoms with E-state index in [1.165, 1.54) is 7.11 Å². The molecule has 2 N–H and O–H groups in total. The van der Waals surface area contributed by atoms with Crippen molar-refractivity contribution in [2.24, 2.45) is 11.7 Å². The lowest BCUT2D eigenvalue weighted by molar-refractivity contribution is -0.140. The Morgan fingerprint density at radius 2 is 2.31 bits per heavy atom. The van der Waals surface area contributed by atoms with E-state index in [0.29, 0.717) is 6.42 Å². The minimum atomic E-state index is -0.792. The van der Waals surface area contributed by atoms with Gasteiger partial charge >= 0.3 is 5.97 Å². The zero-order chi connectivity index (χ0) is 12.2. The van der Waals surface area contributed by atoms with Gasteiger partial charge in [-0.15, -0.1) is 0 Å². The molecule has 0 amide bonds. The van der Waals surface area contributed by atoms with Crippen molar-refractivity contribution in [3.8, 4) is 0 Å². The van der Waals surface area contributed by atoms with Crippen LogP contribution in [-0.2, 0) is 9.53 Å². The fraction of sp³-hybridized carbons (Fsp3) is 0.909. The molecule has 0 aromatic carbocycles. The summed E-state index contributed by atoms with van der Waals surface area (Å²) in [5.74, 6) is -0.106. The van der Waals surface area contributed by atoms with Crippen LogP contribution in [0.1, 0.15) is 32.1 Å². The Hall–Kier alpha value is -0.710. The standard InChI is InChI=1S/C6H10FN.C5H9FO2/c7-6-2-1-4(6)5(8)3-6;1-8-5(7)3-2-4-6/h4-5H,1-3,8H2;2-4H2,1H3. The fourth-order valence-electron chi connectivity index (χ4n) is 2.16. The maximum Gasteiger partial charge on any atom is 0.305 e. The highest BCUT2D eigenvalue weighted by Crippen LogP contribution is 2.55. The smallest absolute Gasteiger partial charge is 0.305 e. The third-order valence-corrected chi connectivity index (χ3v) is 3.37. The summed E-state index contributed by atoms with van der Waals surface area (Å²) < 4.78 is 28.4. The Morgan fingerprint density at radius 1 is 1.62 bits per heavy atom. The van der Waals surface area contributed by atoms with Gasteiger partial charge in [0.05, 0.1) is 13.8 Å². The number of rotatable bonds is 3. The summed E-state index contributed by atoms with van der Waals surface area (Å²) in [4.78, 5) is 10.2. The van der Waals surface area contributed by atoms with Gasteiger partial charge in [0.25, 0.3) is 0 Å². The lowest BCUT2D eigenvalue weighted by Gasteiger charge is -2.56. The molecule has 3 nitrogen and oxygen atoms in total. The third kappa shape index (κ3) is 2.90. The molecule has 0 aliphatic heterocycles. The number of hydrogen-bond acceptors (Lipinski definition) is 3. The van der Waals surface area contributed by atoms with Crippen molar-refractivity contribution >= 4 is 5.97 Å². The molecule has 5 heteroatoms. The Kier molecular flexibility index (Phi) is 4.65. The number of ether oxygens (including phenoxy) is 1. The van der Waals surface area contributed by atoms with Gasteiger partial charge in [-0.2, -0.15) is 0 Å². The molecule has 2 aliphatic rings. The largest absolute Gasteiger partial charge is 0.469 e. The van der Waals surface area contributed by atoms with Gasteiger partial charge in [-0.25, -0.2) is 4.39 Å². The van der Waals surface area contributed by atoms with E-state index >= 15 is 0 Å². The predicted molar refractivity (Wildman–Crippen MR) is 56.4 cm³/mol. The van der Waals surface area contributed by atoms with Crippen molar-refractivity contribution in [1.82, 2.24) is 0 Å². The van der Waals surface area contributed by atoms with E-state index in [2.05, 4.69) is 4.74 Å². The summed E-state index contributed by atoms with van der Waals surface area (Å²) in [6, 6.07) is 0.189. The molecule has 0 aromatic heterocycles. The number of halogens is 2. The molecule has 2 saturated carbocycles. The van der Waals surface area contributed by atoms with Crippen LogP contribution in [-0.4, -0.2) is 31.5 Å². The number of alkyl halides is 2. The molecule has 0 bridgehead atoms. The summed E-state index contributed by atoms with van der Waals surface area (Å²) in [7, 11) is 1.29. The van der Waals surface area contributed by atoms with E-state index in [0.717, 1.165) is 12.8 Å². The molecule has 3 unspecified atom stereocenters. The average Bonchev–Trinajstić information content (AvgIpc) is 2.25. The highest BCUT2D eigenvalue weighted by Gasteiger charge is 2.59. The summed E-state index contributed by atoms with van der Waals surface area (Å²) in [5, 5.41) is 0. The monoisotopic (exact) mass is 235 g/mol. The van der Waals surface area contributed by atoms with Gasteiger partial charge in [-0.3, -0.25) is 9.18 Å². The minimum absolute atomic E-state index is 0.188. The SMILES string of the molecule is COC(=O)CCCF.NC1CC2(F)CCC12. The molecular formula is C11H19F2NO2. The normalized spacial score (nSPS) is 34.8. The van der Waals surface area contributed by atoms with Crippen molar-refractivity contribution in [2.75, 3.05) is 13.8 Å². The van der Waals surface area contributed by atoms with E-state index < -0.39 is 12.3 Å². The van der Waals surface area contributed by atoms with Crippen molar-refractivity contribution in [2.45, 2.75) is 43.8 Å². The number of nitrogens with two attached hydrogens (primary N) is 1. The summed E-state index contributed by atoms with van der Waals surface area (Å²) in [6.07, 6.45) is 2.88. The van der Waals surface area contributed by atoms with Crippen LogP contribution in [0, 0.1) is 5.92 Å². The first kappa shape index (κ1) is 13.4. The predicted octanol–water partition coefficient (Wildman–Crippen LogP) is 1.74. The molecule has 0 aromatic rings. The van der Waals surface area contributed by atoms with Crippen LogP contribution in [0.5, 0.6) is 0 Å².